The Bertz CT molecular complexity index is 989. The first-order valence-corrected chi connectivity index (χ1v) is 9.87. The lowest BCUT2D eigenvalue weighted by Gasteiger charge is -2.29. The predicted molar refractivity (Wildman–Crippen MR) is 95.1 cm³/mol. The number of hydrogen-bond acceptors (Lipinski definition) is 5. The summed E-state index contributed by atoms with van der Waals surface area (Å²) >= 11 is 0. The molecule has 0 spiro atoms. The first-order chi connectivity index (χ1) is 13.1. The van der Waals surface area contributed by atoms with Gasteiger partial charge in [0.2, 0.25) is 10.0 Å². The molecule has 0 fully saturated rings. The molecule has 10 heteroatoms. The molecule has 0 radical (unpaired) electrons. The maximum absolute atomic E-state index is 12.9. The summed E-state index contributed by atoms with van der Waals surface area (Å²) in [5.41, 5.74) is -0.386. The number of halogens is 3. The van der Waals surface area contributed by atoms with E-state index in [0.717, 1.165) is 18.2 Å². The largest absolute Gasteiger partial charge is 0.462 e. The van der Waals surface area contributed by atoms with Crippen molar-refractivity contribution in [2.45, 2.75) is 30.6 Å². The fourth-order valence-corrected chi connectivity index (χ4v) is 3.98. The van der Waals surface area contributed by atoms with Gasteiger partial charge in [-0.05, 0) is 42.3 Å². The topological polar surface area (TPSA) is 84.5 Å². The highest BCUT2D eigenvalue weighted by Crippen LogP contribution is 2.37. The lowest BCUT2D eigenvalue weighted by molar-refractivity contribution is -0.137. The van der Waals surface area contributed by atoms with Crippen molar-refractivity contribution in [1.82, 2.24) is 4.72 Å². The molecule has 28 heavy (non-hydrogen) atoms. The Hall–Kier alpha value is -2.59. The van der Waals surface area contributed by atoms with Gasteiger partial charge in [-0.15, -0.1) is 0 Å². The molecule has 1 heterocycles. The van der Waals surface area contributed by atoms with Gasteiger partial charge in [0, 0.05) is 0 Å². The monoisotopic (exact) mass is 414 g/mol. The van der Waals surface area contributed by atoms with Gasteiger partial charge in [0.1, 0.15) is 11.1 Å². The minimum Gasteiger partial charge on any atom is -0.462 e. The van der Waals surface area contributed by atoms with Gasteiger partial charge >= 0.3 is 12.1 Å². The summed E-state index contributed by atoms with van der Waals surface area (Å²) in [4.78, 5) is 11.6. The minimum atomic E-state index is -4.60. The minimum absolute atomic E-state index is 0.148. The van der Waals surface area contributed by atoms with Crippen LogP contribution in [0.25, 0.3) is 0 Å². The number of hydrogen-bond donors (Lipinski definition) is 2. The summed E-state index contributed by atoms with van der Waals surface area (Å²) in [5, 5.41) is 2.76. The van der Waals surface area contributed by atoms with Crippen LogP contribution in [0.15, 0.2) is 47.4 Å². The van der Waals surface area contributed by atoms with Gasteiger partial charge < -0.3 is 10.1 Å². The molecule has 0 amide bonds. The molecule has 2 aromatic rings. The molecule has 1 aliphatic heterocycles. The number of anilines is 1. The fraction of sp³-hybridized carbons (Fsp3) is 0.278. The Labute approximate surface area is 159 Å². The SMILES string of the molecule is CCCOC(=O)c1ccc([C@H]2Nc3cc(C(F)(F)F)ccc3S(=O)(=O)N2)cc1. The zero-order valence-corrected chi connectivity index (χ0v) is 15.5. The van der Waals surface area contributed by atoms with E-state index < -0.39 is 33.9 Å². The fourth-order valence-electron chi connectivity index (χ4n) is 2.70. The Morgan fingerprint density at radius 2 is 1.82 bits per heavy atom. The summed E-state index contributed by atoms with van der Waals surface area (Å²) in [5.74, 6) is -0.509. The van der Waals surface area contributed by atoms with Crippen molar-refractivity contribution < 1.29 is 31.1 Å². The molecule has 0 bridgehead atoms. The summed E-state index contributed by atoms with van der Waals surface area (Å²) in [6, 6.07) is 8.32. The predicted octanol–water partition coefficient (Wildman–Crippen LogP) is 3.67. The van der Waals surface area contributed by atoms with E-state index in [1.54, 1.807) is 0 Å². The van der Waals surface area contributed by atoms with E-state index in [4.69, 9.17) is 4.74 Å². The summed E-state index contributed by atoms with van der Waals surface area (Å²) in [6.45, 7) is 2.14. The molecule has 1 aliphatic rings. The molecule has 0 saturated heterocycles. The normalized spacial score (nSPS) is 18.1. The van der Waals surface area contributed by atoms with Crippen LogP contribution in [0, 0.1) is 0 Å². The second-order valence-corrected chi connectivity index (χ2v) is 7.85. The quantitative estimate of drug-likeness (QED) is 0.746. The van der Waals surface area contributed by atoms with Crippen molar-refractivity contribution in [1.29, 1.82) is 0 Å². The number of fused-ring (bicyclic) bond motifs is 1. The Morgan fingerprint density at radius 3 is 2.43 bits per heavy atom. The van der Waals surface area contributed by atoms with Crippen LogP contribution in [-0.4, -0.2) is 21.0 Å². The van der Waals surface area contributed by atoms with Crippen LogP contribution in [0.3, 0.4) is 0 Å². The van der Waals surface area contributed by atoms with Crippen LogP contribution in [0.5, 0.6) is 0 Å². The number of rotatable bonds is 4. The molecule has 0 unspecified atom stereocenters. The first kappa shape index (κ1) is 20.2. The molecule has 6 nitrogen and oxygen atoms in total. The second-order valence-electron chi connectivity index (χ2n) is 6.17. The highest BCUT2D eigenvalue weighted by molar-refractivity contribution is 7.89. The Kier molecular flexibility index (Phi) is 5.35. The zero-order chi connectivity index (χ0) is 20.5. The average molecular weight is 414 g/mol. The van der Waals surface area contributed by atoms with Crippen LogP contribution in [0.4, 0.5) is 18.9 Å². The molecule has 0 aromatic heterocycles. The van der Waals surface area contributed by atoms with E-state index in [2.05, 4.69) is 10.0 Å². The molecular weight excluding hydrogens is 397 g/mol. The highest BCUT2D eigenvalue weighted by atomic mass is 32.2. The number of sulfonamides is 1. The number of benzene rings is 2. The highest BCUT2D eigenvalue weighted by Gasteiger charge is 2.35. The molecule has 150 valence electrons. The van der Waals surface area contributed by atoms with Crippen molar-refractivity contribution in [2.24, 2.45) is 0 Å². The van der Waals surface area contributed by atoms with E-state index in [0.29, 0.717) is 12.0 Å². The van der Waals surface area contributed by atoms with E-state index in [1.807, 2.05) is 6.92 Å². The summed E-state index contributed by atoms with van der Waals surface area (Å²) in [6.07, 6.45) is -4.90. The Balaban J connectivity index is 1.88. The van der Waals surface area contributed by atoms with Crippen LogP contribution < -0.4 is 10.0 Å². The third kappa shape index (κ3) is 4.12. The van der Waals surface area contributed by atoms with E-state index in [-0.39, 0.29) is 22.8 Å². The summed E-state index contributed by atoms with van der Waals surface area (Å²) < 4.78 is 71.0. The van der Waals surface area contributed by atoms with E-state index in [1.165, 1.54) is 24.3 Å². The van der Waals surface area contributed by atoms with Crippen LogP contribution in [-0.2, 0) is 20.9 Å². The van der Waals surface area contributed by atoms with Gasteiger partial charge in [-0.3, -0.25) is 0 Å². The molecule has 2 N–H and O–H groups in total. The average Bonchev–Trinajstić information content (AvgIpc) is 2.64. The lowest BCUT2D eigenvalue weighted by atomic mass is 10.1. The van der Waals surface area contributed by atoms with Crippen LogP contribution in [0.2, 0.25) is 0 Å². The lowest BCUT2D eigenvalue weighted by Crippen LogP contribution is -2.38. The van der Waals surface area contributed by atoms with Gasteiger partial charge in [-0.1, -0.05) is 19.1 Å². The number of alkyl halides is 3. The number of carbonyl (C=O) groups is 1. The number of ether oxygens (including phenoxy) is 1. The van der Waals surface area contributed by atoms with Crippen LogP contribution >= 0.6 is 0 Å². The second kappa shape index (κ2) is 7.44. The van der Waals surface area contributed by atoms with Crippen LogP contribution in [0.1, 0.15) is 41.0 Å². The molecule has 0 aliphatic carbocycles. The molecule has 2 aromatic carbocycles. The molecule has 1 atom stereocenters. The van der Waals surface area contributed by atoms with Gasteiger partial charge in [-0.25, -0.2) is 13.2 Å². The molecular formula is C18H17F3N2O4S. The number of carbonyl (C=O) groups excluding carboxylic acids is 1. The third-order valence-electron chi connectivity index (χ3n) is 4.09. The smallest absolute Gasteiger partial charge is 0.416 e. The summed E-state index contributed by atoms with van der Waals surface area (Å²) in [7, 11) is -4.01. The molecule has 0 saturated carbocycles. The maximum Gasteiger partial charge on any atom is 0.416 e. The van der Waals surface area contributed by atoms with Gasteiger partial charge in [0.05, 0.1) is 23.4 Å². The maximum atomic E-state index is 12.9. The van der Waals surface area contributed by atoms with E-state index >= 15 is 0 Å². The van der Waals surface area contributed by atoms with Gasteiger partial charge in [0.25, 0.3) is 0 Å². The van der Waals surface area contributed by atoms with Crippen molar-refractivity contribution in [3.05, 3.63) is 59.2 Å². The molecule has 3 rings (SSSR count). The Morgan fingerprint density at radius 1 is 1.14 bits per heavy atom. The first-order valence-electron chi connectivity index (χ1n) is 8.39. The van der Waals surface area contributed by atoms with Gasteiger partial charge in [0.15, 0.2) is 0 Å². The van der Waals surface area contributed by atoms with Crippen molar-refractivity contribution in [3.8, 4) is 0 Å². The third-order valence-corrected chi connectivity index (χ3v) is 5.57. The standard InChI is InChI=1S/C18H17F3N2O4S/c1-2-9-27-17(24)12-5-3-11(4-6-12)16-22-14-10-13(18(19,20)21)7-8-15(14)28(25,26)23-16/h3-8,10,16,22-23H,2,9H2,1H3/t16-/m0/s1. The number of esters is 1. The number of nitrogens with one attached hydrogen (secondary N) is 2. The van der Waals surface area contributed by atoms with Crippen molar-refractivity contribution >= 4 is 21.7 Å². The van der Waals surface area contributed by atoms with Gasteiger partial charge in [-0.2, -0.15) is 17.9 Å². The zero-order valence-electron chi connectivity index (χ0n) is 14.7. The van der Waals surface area contributed by atoms with Crippen molar-refractivity contribution in [2.75, 3.05) is 11.9 Å². The van der Waals surface area contributed by atoms with E-state index in [9.17, 15) is 26.4 Å². The van der Waals surface area contributed by atoms with Crippen molar-refractivity contribution in [3.63, 3.8) is 0 Å².